The van der Waals surface area contributed by atoms with Gasteiger partial charge in [-0.1, -0.05) is 36.9 Å². The highest BCUT2D eigenvalue weighted by Crippen LogP contribution is 2.36. The summed E-state index contributed by atoms with van der Waals surface area (Å²) in [4.78, 5) is 38.6. The Morgan fingerprint density at radius 3 is 2.23 bits per heavy atom. The van der Waals surface area contributed by atoms with Crippen molar-refractivity contribution in [2.24, 2.45) is 11.5 Å². The molecule has 0 bridgehead atoms. The quantitative estimate of drug-likeness (QED) is 0.101. The van der Waals surface area contributed by atoms with Gasteiger partial charge in [0.15, 0.2) is 5.70 Å². The molecule has 0 atom stereocenters. The number of alkyl halides is 6. The van der Waals surface area contributed by atoms with E-state index in [1.54, 1.807) is 0 Å². The third kappa shape index (κ3) is 9.24. The number of carbonyl (C=O) groups is 3. The number of rotatable bonds is 10. The van der Waals surface area contributed by atoms with Crippen molar-refractivity contribution in [3.05, 3.63) is 94.7 Å². The third-order valence-corrected chi connectivity index (χ3v) is 6.39. The zero-order chi connectivity index (χ0) is 36.7. The number of nitrogens with one attached hydrogen (secondary N) is 2. The highest BCUT2D eigenvalue weighted by Gasteiger charge is 2.47. The lowest BCUT2D eigenvalue weighted by Gasteiger charge is -2.26. The summed E-state index contributed by atoms with van der Waals surface area (Å²) in [6.07, 6.45) is -7.75. The van der Waals surface area contributed by atoms with Gasteiger partial charge in [0, 0.05) is 12.7 Å². The van der Waals surface area contributed by atoms with E-state index in [0.717, 1.165) is 13.2 Å². The molecule has 8 N–H and O–H groups in total. The molecule has 0 fully saturated rings. The number of methoxy groups -OCH3 is 1. The van der Waals surface area contributed by atoms with E-state index in [2.05, 4.69) is 33.7 Å². The van der Waals surface area contributed by atoms with E-state index in [1.165, 1.54) is 44.3 Å². The molecule has 48 heavy (non-hydrogen) atoms. The van der Waals surface area contributed by atoms with Crippen molar-refractivity contribution < 1.29 is 45.5 Å². The van der Waals surface area contributed by atoms with Crippen molar-refractivity contribution in [2.75, 3.05) is 25.2 Å². The number of halogens is 7. The summed E-state index contributed by atoms with van der Waals surface area (Å²) in [6, 6.07) is 3.48. The second-order valence-electron chi connectivity index (χ2n) is 9.51. The standard InChI is InChI=1S/C28H30ClF6N9O4/c1-6-8-9-18(29)23(38)44-19(12-16(40-44)13-43(7-2)22(28(33,34)35)21(37)27(30,31)32)25(46)39-20-14(3)10-15(36)11-17(20)24(45)41-42(4)26(47)48-5/h6-12H,1-2,13,36-38H2,3-5H3,(H,39,46)(H,41,45)/b9-8-,22-21-,23-18-. The van der Waals surface area contributed by atoms with Crippen molar-refractivity contribution in [3.63, 3.8) is 0 Å². The Hall–Kier alpha value is -5.59. The summed E-state index contributed by atoms with van der Waals surface area (Å²) in [6.45, 7) is 7.06. The Morgan fingerprint density at radius 1 is 1.08 bits per heavy atom. The lowest BCUT2D eigenvalue weighted by molar-refractivity contribution is -0.128. The van der Waals surface area contributed by atoms with Gasteiger partial charge in [0.05, 0.1) is 35.6 Å². The summed E-state index contributed by atoms with van der Waals surface area (Å²) < 4.78 is 86.5. The number of nitrogens with two attached hydrogens (primary N) is 3. The molecule has 0 radical (unpaired) electrons. The topological polar surface area (TPSA) is 187 Å². The maximum absolute atomic E-state index is 13.8. The van der Waals surface area contributed by atoms with Gasteiger partial charge in [0.25, 0.3) is 11.8 Å². The lowest BCUT2D eigenvalue weighted by atomic mass is 10.1. The van der Waals surface area contributed by atoms with Crippen LogP contribution in [0.5, 0.6) is 0 Å². The van der Waals surface area contributed by atoms with Gasteiger partial charge in [0.2, 0.25) is 0 Å². The molecule has 0 unspecified atom stereocenters. The van der Waals surface area contributed by atoms with E-state index >= 15 is 0 Å². The lowest BCUT2D eigenvalue weighted by Crippen LogP contribution is -2.43. The van der Waals surface area contributed by atoms with Gasteiger partial charge >= 0.3 is 18.4 Å². The van der Waals surface area contributed by atoms with Crippen LogP contribution in [0, 0.1) is 6.92 Å². The Labute approximate surface area is 274 Å². The number of carbonyl (C=O) groups excluding carboxylic acids is 3. The number of hydrazine groups is 1. The largest absolute Gasteiger partial charge is 0.452 e. The minimum Gasteiger partial charge on any atom is -0.452 e. The van der Waals surface area contributed by atoms with Gasteiger partial charge in [-0.2, -0.15) is 31.4 Å². The molecule has 1 aromatic carbocycles. The minimum atomic E-state index is -5.60. The number of hydrogen-bond donors (Lipinski definition) is 5. The SMILES string of the molecule is C=C/C=C\C(Cl)=C(/N)n1nc(CN(C=C)/C(=C(\N)C(F)(F)F)C(F)(F)F)cc1C(=O)Nc1c(C)cc(N)cc1C(=O)NN(C)C(=O)OC. The van der Waals surface area contributed by atoms with Crippen LogP contribution in [0.3, 0.4) is 0 Å². The number of nitrogens with zero attached hydrogens (tertiary/aromatic N) is 4. The minimum absolute atomic E-state index is 0.0423. The van der Waals surface area contributed by atoms with Gasteiger partial charge in [-0.3, -0.25) is 15.0 Å². The first-order valence-corrected chi connectivity index (χ1v) is 13.5. The Kier molecular flexibility index (Phi) is 12.3. The van der Waals surface area contributed by atoms with E-state index in [0.29, 0.717) is 15.9 Å². The normalized spacial score (nSPS) is 12.9. The Morgan fingerprint density at radius 2 is 1.71 bits per heavy atom. The van der Waals surface area contributed by atoms with Crippen molar-refractivity contribution in [3.8, 4) is 0 Å². The number of anilines is 2. The van der Waals surface area contributed by atoms with Crippen LogP contribution >= 0.6 is 11.6 Å². The fourth-order valence-electron chi connectivity index (χ4n) is 3.94. The number of hydrogen-bond acceptors (Lipinski definition) is 9. The van der Waals surface area contributed by atoms with Crippen LogP contribution in [-0.4, -0.2) is 64.1 Å². The maximum atomic E-state index is 13.8. The first-order chi connectivity index (χ1) is 22.2. The molecule has 2 aromatic rings. The van der Waals surface area contributed by atoms with Crippen LogP contribution in [-0.2, 0) is 11.3 Å². The van der Waals surface area contributed by atoms with Crippen LogP contribution in [0.2, 0.25) is 0 Å². The van der Waals surface area contributed by atoms with Gasteiger partial charge < -0.3 is 32.2 Å². The van der Waals surface area contributed by atoms with Gasteiger partial charge in [-0.15, -0.1) is 0 Å². The summed E-state index contributed by atoms with van der Waals surface area (Å²) in [5.41, 5.74) is 13.4. The molecule has 0 saturated carbocycles. The van der Waals surface area contributed by atoms with E-state index in [1.807, 2.05) is 0 Å². The Balaban J connectivity index is 2.74. The molecule has 0 aliphatic carbocycles. The second-order valence-corrected chi connectivity index (χ2v) is 9.92. The second kappa shape index (κ2) is 15.3. The van der Waals surface area contributed by atoms with E-state index in [4.69, 9.17) is 28.8 Å². The molecular formula is C28H30ClF6N9O4. The molecule has 20 heteroatoms. The fourth-order valence-corrected chi connectivity index (χ4v) is 4.09. The van der Waals surface area contributed by atoms with Crippen LogP contribution in [0.25, 0.3) is 5.82 Å². The smallest absolute Gasteiger partial charge is 0.433 e. The number of allylic oxidation sites excluding steroid dienone is 6. The number of ether oxygens (including phenoxy) is 1. The van der Waals surface area contributed by atoms with Crippen molar-refractivity contribution in [1.29, 1.82) is 0 Å². The summed E-state index contributed by atoms with van der Waals surface area (Å²) in [5.74, 6) is -2.43. The van der Waals surface area contributed by atoms with Crippen LogP contribution in [0.4, 0.5) is 42.5 Å². The summed E-state index contributed by atoms with van der Waals surface area (Å²) >= 11 is 6.22. The zero-order valence-corrected chi connectivity index (χ0v) is 26.2. The van der Waals surface area contributed by atoms with E-state index in [-0.39, 0.29) is 32.4 Å². The molecule has 0 saturated heterocycles. The first kappa shape index (κ1) is 38.6. The molecule has 1 heterocycles. The molecular weight excluding hydrogens is 676 g/mol. The molecule has 0 aliphatic heterocycles. The average molecular weight is 706 g/mol. The molecule has 1 aromatic heterocycles. The highest BCUT2D eigenvalue weighted by molar-refractivity contribution is 6.33. The fraction of sp³-hybridized carbons (Fsp3) is 0.214. The highest BCUT2D eigenvalue weighted by atomic mass is 35.5. The van der Waals surface area contributed by atoms with Crippen LogP contribution < -0.4 is 27.9 Å². The first-order valence-electron chi connectivity index (χ1n) is 13.1. The Bertz CT molecular complexity index is 1700. The number of amides is 3. The molecule has 3 amide bonds. The van der Waals surface area contributed by atoms with Gasteiger partial charge in [0.1, 0.15) is 17.2 Å². The van der Waals surface area contributed by atoms with Gasteiger partial charge in [-0.05, 0) is 43.0 Å². The number of benzene rings is 1. The molecule has 2 rings (SSSR count). The molecule has 0 aliphatic rings. The molecule has 0 spiro atoms. The third-order valence-electron chi connectivity index (χ3n) is 6.07. The number of aryl methyl sites for hydroxylation is 1. The van der Waals surface area contributed by atoms with E-state index in [9.17, 15) is 40.7 Å². The van der Waals surface area contributed by atoms with Crippen molar-refractivity contribution in [1.82, 2.24) is 25.1 Å². The van der Waals surface area contributed by atoms with Crippen LogP contribution in [0.1, 0.15) is 32.1 Å². The maximum Gasteiger partial charge on any atom is 0.433 e. The monoisotopic (exact) mass is 705 g/mol. The average Bonchev–Trinajstić information content (AvgIpc) is 3.42. The summed E-state index contributed by atoms with van der Waals surface area (Å²) in [5, 5.41) is 6.95. The van der Waals surface area contributed by atoms with Gasteiger partial charge in [-0.25, -0.2) is 14.5 Å². The van der Waals surface area contributed by atoms with E-state index < -0.39 is 65.4 Å². The predicted octanol–water partition coefficient (Wildman–Crippen LogP) is 4.68. The predicted molar refractivity (Wildman–Crippen MR) is 165 cm³/mol. The molecule has 13 nitrogen and oxygen atoms in total. The summed E-state index contributed by atoms with van der Waals surface area (Å²) in [7, 11) is 2.24. The van der Waals surface area contributed by atoms with Crippen molar-refractivity contribution >= 4 is 46.7 Å². The molecule has 260 valence electrons. The van der Waals surface area contributed by atoms with Crippen LogP contribution in [0.15, 0.2) is 72.2 Å². The zero-order valence-electron chi connectivity index (χ0n) is 25.5. The number of aromatic nitrogens is 2. The van der Waals surface area contributed by atoms with Crippen molar-refractivity contribution in [2.45, 2.75) is 25.8 Å². The number of nitrogen functional groups attached to an aromatic ring is 1.